The average molecular weight is 447 g/mol. The second kappa shape index (κ2) is 9.99. The highest BCUT2D eigenvalue weighted by Crippen LogP contribution is 2.35. The summed E-state index contributed by atoms with van der Waals surface area (Å²) in [6.45, 7) is -0.488. The number of nitrogens with zero attached hydrogens (tertiary/aromatic N) is 2. The van der Waals surface area contributed by atoms with E-state index in [2.05, 4.69) is 10.4 Å². The number of ether oxygens (including phenoxy) is 2. The van der Waals surface area contributed by atoms with Crippen LogP contribution in [0.5, 0.6) is 11.5 Å². The van der Waals surface area contributed by atoms with Gasteiger partial charge in [0.05, 0.1) is 24.9 Å². The maximum atomic E-state index is 13.0. The minimum Gasteiger partial charge on any atom is -0.497 e. The van der Waals surface area contributed by atoms with Crippen LogP contribution in [0.3, 0.4) is 0 Å². The quantitative estimate of drug-likeness (QED) is 0.574. The fraction of sp³-hybridized carbons (Fsp3) is 0.227. The number of aromatic nitrogens is 2. The second-order valence-electron chi connectivity index (χ2n) is 6.64. The number of rotatable bonds is 8. The third-order valence-corrected chi connectivity index (χ3v) is 4.43. The van der Waals surface area contributed by atoms with Crippen molar-refractivity contribution in [3.05, 3.63) is 76.6 Å². The Balaban J connectivity index is 1.58. The van der Waals surface area contributed by atoms with Crippen LogP contribution in [0.2, 0.25) is 0 Å². The molecule has 168 valence electrons. The highest BCUT2D eigenvalue weighted by atomic mass is 19.4. The van der Waals surface area contributed by atoms with Gasteiger partial charge in [0.1, 0.15) is 11.5 Å². The number of para-hydroxylation sites is 1. The van der Waals surface area contributed by atoms with Gasteiger partial charge >= 0.3 is 6.18 Å². The van der Waals surface area contributed by atoms with Crippen molar-refractivity contribution >= 4 is 5.91 Å². The molecule has 0 saturated heterocycles. The Bertz CT molecular complexity index is 1150. The largest absolute Gasteiger partial charge is 0.497 e. The van der Waals surface area contributed by atoms with Gasteiger partial charge in [0.15, 0.2) is 6.61 Å². The van der Waals surface area contributed by atoms with E-state index < -0.39 is 30.0 Å². The lowest BCUT2D eigenvalue weighted by atomic mass is 10.1. The van der Waals surface area contributed by atoms with Crippen LogP contribution in [0.1, 0.15) is 5.56 Å². The van der Waals surface area contributed by atoms with Crippen molar-refractivity contribution in [2.75, 3.05) is 20.3 Å². The Labute approximate surface area is 181 Å². The summed E-state index contributed by atoms with van der Waals surface area (Å²) in [5.41, 5.74) is -0.0278. The highest BCUT2D eigenvalue weighted by Gasteiger charge is 2.34. The molecule has 10 heteroatoms. The van der Waals surface area contributed by atoms with Gasteiger partial charge in [-0.1, -0.05) is 24.3 Å². The zero-order valence-electron chi connectivity index (χ0n) is 17.1. The van der Waals surface area contributed by atoms with Gasteiger partial charge in [-0.15, -0.1) is 0 Å². The van der Waals surface area contributed by atoms with Gasteiger partial charge in [-0.05, 0) is 30.3 Å². The van der Waals surface area contributed by atoms with Crippen LogP contribution in [-0.4, -0.2) is 35.9 Å². The van der Waals surface area contributed by atoms with Crippen LogP contribution < -0.4 is 20.3 Å². The zero-order chi connectivity index (χ0) is 23.1. The van der Waals surface area contributed by atoms with Crippen LogP contribution in [0, 0.1) is 0 Å². The molecular formula is C22H20F3N3O4. The summed E-state index contributed by atoms with van der Waals surface area (Å²) < 4.78 is 50.3. The molecule has 0 aliphatic carbocycles. The predicted octanol–water partition coefficient (Wildman–Crippen LogP) is 3.13. The normalized spacial score (nSPS) is 11.1. The highest BCUT2D eigenvalue weighted by molar-refractivity contribution is 5.77. The number of hydrogen-bond donors (Lipinski definition) is 1. The summed E-state index contributed by atoms with van der Waals surface area (Å²) in [7, 11) is 1.54. The third-order valence-electron chi connectivity index (χ3n) is 4.43. The Hall–Kier alpha value is -3.82. The van der Waals surface area contributed by atoms with Gasteiger partial charge in [-0.2, -0.15) is 18.3 Å². The van der Waals surface area contributed by atoms with E-state index in [1.54, 1.807) is 31.4 Å². The number of carbonyl (C=O) groups excluding carboxylic acids is 1. The summed E-state index contributed by atoms with van der Waals surface area (Å²) in [6, 6.07) is 14.7. The fourth-order valence-electron chi connectivity index (χ4n) is 2.87. The van der Waals surface area contributed by atoms with Crippen molar-refractivity contribution < 1.29 is 27.4 Å². The van der Waals surface area contributed by atoms with Crippen LogP contribution >= 0.6 is 0 Å². The summed E-state index contributed by atoms with van der Waals surface area (Å²) in [4.78, 5) is 24.0. The van der Waals surface area contributed by atoms with Gasteiger partial charge in [-0.25, -0.2) is 4.68 Å². The Morgan fingerprint density at radius 2 is 1.88 bits per heavy atom. The molecule has 0 atom stereocenters. The molecule has 3 aromatic rings. The molecule has 0 bridgehead atoms. The first-order chi connectivity index (χ1) is 15.3. The molecule has 0 saturated carbocycles. The molecule has 1 aromatic heterocycles. The molecule has 0 radical (unpaired) electrons. The zero-order valence-corrected chi connectivity index (χ0v) is 17.1. The van der Waals surface area contributed by atoms with E-state index in [1.807, 2.05) is 6.07 Å². The maximum absolute atomic E-state index is 13.0. The molecule has 1 N–H and O–H groups in total. The number of carbonyl (C=O) groups is 1. The molecule has 0 aliphatic heterocycles. The molecule has 3 rings (SSSR count). The molecule has 0 unspecified atom stereocenters. The molecule has 2 aromatic carbocycles. The number of benzene rings is 2. The van der Waals surface area contributed by atoms with Gasteiger partial charge in [0, 0.05) is 18.2 Å². The van der Waals surface area contributed by atoms with E-state index in [4.69, 9.17) is 9.47 Å². The standard InChI is InChI=1S/C22H20F3N3O4/c1-31-16-6-4-5-15(13-16)18-9-10-21(30)28(27-18)12-11-26-20(29)14-32-19-8-3-2-7-17(19)22(23,24)25/h2-10,13H,11-12,14H2,1H3,(H,26,29). The summed E-state index contributed by atoms with van der Waals surface area (Å²) >= 11 is 0. The molecule has 0 fully saturated rings. The van der Waals surface area contributed by atoms with Crippen molar-refractivity contribution in [2.24, 2.45) is 0 Å². The van der Waals surface area contributed by atoms with E-state index in [0.29, 0.717) is 11.4 Å². The summed E-state index contributed by atoms with van der Waals surface area (Å²) in [5, 5.41) is 6.79. The molecular weight excluding hydrogens is 427 g/mol. The van der Waals surface area contributed by atoms with Crippen molar-refractivity contribution in [1.82, 2.24) is 15.1 Å². The van der Waals surface area contributed by atoms with Crippen molar-refractivity contribution in [2.45, 2.75) is 12.7 Å². The molecule has 32 heavy (non-hydrogen) atoms. The smallest absolute Gasteiger partial charge is 0.419 e. The van der Waals surface area contributed by atoms with Crippen molar-refractivity contribution in [3.63, 3.8) is 0 Å². The molecule has 7 nitrogen and oxygen atoms in total. The molecule has 0 spiro atoms. The average Bonchev–Trinajstić information content (AvgIpc) is 2.78. The van der Waals surface area contributed by atoms with E-state index in [1.165, 1.54) is 22.9 Å². The Morgan fingerprint density at radius 3 is 2.62 bits per heavy atom. The van der Waals surface area contributed by atoms with Crippen molar-refractivity contribution in [1.29, 1.82) is 0 Å². The predicted molar refractivity (Wildman–Crippen MR) is 110 cm³/mol. The number of amides is 1. The number of alkyl halides is 3. The Kier molecular flexibility index (Phi) is 7.14. The summed E-state index contributed by atoms with van der Waals surface area (Å²) in [5.74, 6) is -0.417. The van der Waals surface area contributed by atoms with Crippen LogP contribution in [0.25, 0.3) is 11.3 Å². The maximum Gasteiger partial charge on any atom is 0.419 e. The Morgan fingerprint density at radius 1 is 1.09 bits per heavy atom. The number of nitrogens with one attached hydrogen (secondary N) is 1. The lowest BCUT2D eigenvalue weighted by molar-refractivity contribution is -0.139. The van der Waals surface area contributed by atoms with Crippen LogP contribution in [0.15, 0.2) is 65.5 Å². The second-order valence-corrected chi connectivity index (χ2v) is 6.64. The fourth-order valence-corrected chi connectivity index (χ4v) is 2.87. The number of methoxy groups -OCH3 is 1. The van der Waals surface area contributed by atoms with Gasteiger partial charge in [0.2, 0.25) is 0 Å². The lowest BCUT2D eigenvalue weighted by Gasteiger charge is -2.13. The number of halogens is 3. The molecule has 1 amide bonds. The minimum atomic E-state index is -4.59. The van der Waals surface area contributed by atoms with E-state index >= 15 is 0 Å². The van der Waals surface area contributed by atoms with E-state index in [-0.39, 0.29) is 18.6 Å². The van der Waals surface area contributed by atoms with Crippen LogP contribution in [0.4, 0.5) is 13.2 Å². The first-order valence-corrected chi connectivity index (χ1v) is 9.56. The monoisotopic (exact) mass is 447 g/mol. The van der Waals surface area contributed by atoms with Gasteiger partial charge in [0.25, 0.3) is 11.5 Å². The summed E-state index contributed by atoms with van der Waals surface area (Å²) in [6.07, 6.45) is -4.59. The first-order valence-electron chi connectivity index (χ1n) is 9.56. The minimum absolute atomic E-state index is 0.0393. The third kappa shape index (κ3) is 5.87. The lowest BCUT2D eigenvalue weighted by Crippen LogP contribution is -2.34. The molecule has 0 aliphatic rings. The first kappa shape index (κ1) is 22.9. The number of hydrogen-bond acceptors (Lipinski definition) is 5. The molecule has 1 heterocycles. The van der Waals surface area contributed by atoms with Gasteiger partial charge in [-0.3, -0.25) is 9.59 Å². The van der Waals surface area contributed by atoms with Crippen LogP contribution in [-0.2, 0) is 17.5 Å². The SMILES string of the molecule is COc1cccc(-c2ccc(=O)n(CCNC(=O)COc3ccccc3C(F)(F)F)n2)c1. The topological polar surface area (TPSA) is 82.5 Å². The van der Waals surface area contributed by atoms with E-state index in [0.717, 1.165) is 17.7 Å². The van der Waals surface area contributed by atoms with Gasteiger partial charge < -0.3 is 14.8 Å². The van der Waals surface area contributed by atoms with Crippen molar-refractivity contribution in [3.8, 4) is 22.8 Å². The van der Waals surface area contributed by atoms with E-state index in [9.17, 15) is 22.8 Å².